The SMILES string of the molecule is CCc1cnn2c(NCc3ccc(OCCOCCOCC(=O)O)nc3)cc(N3CCCC[C@H]3CCO)nc12. The highest BCUT2D eigenvalue weighted by Gasteiger charge is 2.25. The summed E-state index contributed by atoms with van der Waals surface area (Å²) in [4.78, 5) is 22.1. The summed E-state index contributed by atoms with van der Waals surface area (Å²) in [5.74, 6) is 1.26. The molecule has 0 amide bonds. The molecule has 1 saturated heterocycles. The number of pyridine rings is 1. The molecule has 12 nitrogen and oxygen atoms in total. The Hall–Kier alpha value is -3.48. The molecular formula is C27H38N6O6. The number of rotatable bonds is 16. The quantitative estimate of drug-likeness (QED) is 0.230. The van der Waals surface area contributed by atoms with E-state index in [4.69, 9.17) is 24.3 Å². The smallest absolute Gasteiger partial charge is 0.329 e. The number of aryl methyl sites for hydroxylation is 1. The van der Waals surface area contributed by atoms with Crippen LogP contribution in [-0.4, -0.2) is 88.0 Å². The van der Waals surface area contributed by atoms with Gasteiger partial charge < -0.3 is 34.6 Å². The topological polar surface area (TPSA) is 144 Å². The Labute approximate surface area is 227 Å². The van der Waals surface area contributed by atoms with Crippen LogP contribution in [0, 0.1) is 0 Å². The molecule has 0 spiro atoms. The average Bonchev–Trinajstić information content (AvgIpc) is 3.37. The number of carboxylic acid groups (broad SMARTS) is 1. The summed E-state index contributed by atoms with van der Waals surface area (Å²) < 4.78 is 17.7. The van der Waals surface area contributed by atoms with E-state index in [1.54, 1.807) is 6.20 Å². The molecule has 3 N–H and O–H groups in total. The van der Waals surface area contributed by atoms with Gasteiger partial charge in [0.15, 0.2) is 5.65 Å². The van der Waals surface area contributed by atoms with E-state index >= 15 is 0 Å². The van der Waals surface area contributed by atoms with Crippen molar-refractivity contribution in [2.75, 3.05) is 56.4 Å². The number of aromatic nitrogens is 4. The Morgan fingerprint density at radius 1 is 1.15 bits per heavy atom. The fourth-order valence-electron chi connectivity index (χ4n) is 4.65. The predicted molar refractivity (Wildman–Crippen MR) is 145 cm³/mol. The molecule has 39 heavy (non-hydrogen) atoms. The van der Waals surface area contributed by atoms with Gasteiger partial charge in [0, 0.05) is 49.6 Å². The highest BCUT2D eigenvalue weighted by molar-refractivity contribution is 5.68. The molecule has 0 saturated carbocycles. The first-order chi connectivity index (χ1) is 19.1. The number of nitrogens with zero attached hydrogens (tertiary/aromatic N) is 5. The molecule has 12 heteroatoms. The monoisotopic (exact) mass is 542 g/mol. The molecule has 212 valence electrons. The summed E-state index contributed by atoms with van der Waals surface area (Å²) >= 11 is 0. The van der Waals surface area contributed by atoms with Crippen LogP contribution in [-0.2, 0) is 27.2 Å². The number of piperidine rings is 1. The van der Waals surface area contributed by atoms with Gasteiger partial charge in [-0.15, -0.1) is 0 Å². The summed E-state index contributed by atoms with van der Waals surface area (Å²) in [7, 11) is 0. The van der Waals surface area contributed by atoms with Crippen molar-refractivity contribution in [2.24, 2.45) is 0 Å². The number of aliphatic hydroxyl groups is 1. The second-order valence-electron chi connectivity index (χ2n) is 9.38. The summed E-state index contributed by atoms with van der Waals surface area (Å²) in [5.41, 5.74) is 2.93. The van der Waals surface area contributed by atoms with Crippen LogP contribution in [0.3, 0.4) is 0 Å². The van der Waals surface area contributed by atoms with E-state index in [-0.39, 0.29) is 25.9 Å². The lowest BCUT2D eigenvalue weighted by molar-refractivity contribution is -0.142. The maximum atomic E-state index is 10.4. The third-order valence-corrected chi connectivity index (χ3v) is 6.64. The van der Waals surface area contributed by atoms with Crippen molar-refractivity contribution in [1.82, 2.24) is 19.6 Å². The van der Waals surface area contributed by atoms with E-state index < -0.39 is 5.97 Å². The van der Waals surface area contributed by atoms with Crippen molar-refractivity contribution < 1.29 is 29.2 Å². The fourth-order valence-corrected chi connectivity index (χ4v) is 4.65. The van der Waals surface area contributed by atoms with Gasteiger partial charge in [0.05, 0.1) is 26.0 Å². The van der Waals surface area contributed by atoms with Gasteiger partial charge in [-0.1, -0.05) is 13.0 Å². The van der Waals surface area contributed by atoms with Gasteiger partial charge in [0.1, 0.15) is 24.8 Å². The van der Waals surface area contributed by atoms with E-state index in [1.807, 2.05) is 28.9 Å². The summed E-state index contributed by atoms with van der Waals surface area (Å²) in [5, 5.41) is 26.2. The molecule has 1 aliphatic heterocycles. The van der Waals surface area contributed by atoms with Crippen molar-refractivity contribution in [3.8, 4) is 5.88 Å². The number of anilines is 2. The molecular weight excluding hydrogens is 504 g/mol. The average molecular weight is 543 g/mol. The second-order valence-corrected chi connectivity index (χ2v) is 9.38. The van der Waals surface area contributed by atoms with E-state index in [2.05, 4.69) is 27.2 Å². The molecule has 1 aliphatic rings. The van der Waals surface area contributed by atoms with Crippen molar-refractivity contribution in [3.63, 3.8) is 0 Å². The molecule has 3 aromatic heterocycles. The third-order valence-electron chi connectivity index (χ3n) is 6.64. The Morgan fingerprint density at radius 2 is 2.00 bits per heavy atom. The van der Waals surface area contributed by atoms with Gasteiger partial charge in [-0.25, -0.2) is 14.8 Å². The molecule has 3 aromatic rings. The molecule has 0 unspecified atom stereocenters. The number of carbonyl (C=O) groups is 1. The van der Waals surface area contributed by atoms with Gasteiger partial charge >= 0.3 is 5.97 Å². The first-order valence-corrected chi connectivity index (χ1v) is 13.5. The van der Waals surface area contributed by atoms with Crippen LogP contribution < -0.4 is 15.0 Å². The van der Waals surface area contributed by atoms with E-state index in [1.165, 1.54) is 6.42 Å². The largest absolute Gasteiger partial charge is 0.480 e. The minimum Gasteiger partial charge on any atom is -0.480 e. The Balaban J connectivity index is 1.34. The number of nitrogens with one attached hydrogen (secondary N) is 1. The second kappa shape index (κ2) is 14.6. The number of ether oxygens (including phenoxy) is 3. The lowest BCUT2D eigenvalue weighted by Gasteiger charge is -2.36. The summed E-state index contributed by atoms with van der Waals surface area (Å²) in [6.07, 6.45) is 8.57. The van der Waals surface area contributed by atoms with Crippen LogP contribution in [0.5, 0.6) is 5.88 Å². The third kappa shape index (κ3) is 8.01. The van der Waals surface area contributed by atoms with Gasteiger partial charge in [-0.05, 0) is 37.7 Å². The van der Waals surface area contributed by atoms with Gasteiger partial charge in [0.2, 0.25) is 5.88 Å². The van der Waals surface area contributed by atoms with Gasteiger partial charge in [0.25, 0.3) is 0 Å². The normalized spacial score (nSPS) is 15.5. The molecule has 0 aliphatic carbocycles. The van der Waals surface area contributed by atoms with E-state index in [9.17, 15) is 9.90 Å². The molecule has 1 fully saturated rings. The highest BCUT2D eigenvalue weighted by atomic mass is 16.5. The highest BCUT2D eigenvalue weighted by Crippen LogP contribution is 2.29. The van der Waals surface area contributed by atoms with Crippen LogP contribution in [0.15, 0.2) is 30.6 Å². The van der Waals surface area contributed by atoms with Crippen molar-refractivity contribution >= 4 is 23.3 Å². The van der Waals surface area contributed by atoms with E-state index in [0.717, 1.165) is 60.6 Å². The summed E-state index contributed by atoms with van der Waals surface area (Å²) in [6.45, 7) is 4.62. The lowest BCUT2D eigenvalue weighted by Crippen LogP contribution is -2.40. The zero-order chi connectivity index (χ0) is 27.5. The van der Waals surface area contributed by atoms with Crippen LogP contribution >= 0.6 is 0 Å². The number of aliphatic carboxylic acids is 1. The zero-order valence-electron chi connectivity index (χ0n) is 22.4. The molecule has 0 radical (unpaired) electrons. The summed E-state index contributed by atoms with van der Waals surface area (Å²) in [6, 6.07) is 6.10. The first-order valence-electron chi connectivity index (χ1n) is 13.5. The van der Waals surface area contributed by atoms with Gasteiger partial charge in [-0.2, -0.15) is 9.61 Å². The van der Waals surface area contributed by atoms with Gasteiger partial charge in [-0.3, -0.25) is 0 Å². The molecule has 0 aromatic carbocycles. The number of aliphatic hydroxyl groups excluding tert-OH is 1. The molecule has 4 rings (SSSR count). The number of carboxylic acids is 1. The lowest BCUT2D eigenvalue weighted by atomic mass is 9.99. The van der Waals surface area contributed by atoms with Crippen molar-refractivity contribution in [3.05, 3.63) is 41.7 Å². The van der Waals surface area contributed by atoms with Crippen molar-refractivity contribution in [2.45, 2.75) is 51.6 Å². The molecule has 0 bridgehead atoms. The maximum absolute atomic E-state index is 10.4. The minimum atomic E-state index is -1.00. The van der Waals surface area contributed by atoms with E-state index in [0.29, 0.717) is 32.2 Å². The standard InChI is InChI=1S/C27H38N6O6/c1-2-21-18-30-33-23(15-24(31-27(21)33)32-9-4-3-5-22(32)8-10-34)28-16-20-6-7-25(29-17-20)39-14-13-37-11-12-38-19-26(35)36/h6-7,15,17-18,22,28,34H,2-5,8-14,16,19H2,1H3,(H,35,36)/t22-/m0/s1. The number of hydrogen-bond acceptors (Lipinski definition) is 10. The van der Waals surface area contributed by atoms with Crippen LogP contribution in [0.4, 0.5) is 11.6 Å². The Kier molecular flexibility index (Phi) is 10.7. The Bertz CT molecular complexity index is 1190. The van der Waals surface area contributed by atoms with Crippen molar-refractivity contribution in [1.29, 1.82) is 0 Å². The maximum Gasteiger partial charge on any atom is 0.329 e. The minimum absolute atomic E-state index is 0.171. The zero-order valence-corrected chi connectivity index (χ0v) is 22.4. The molecule has 1 atom stereocenters. The van der Waals surface area contributed by atoms with Crippen LogP contribution in [0.2, 0.25) is 0 Å². The number of hydrogen-bond donors (Lipinski definition) is 3. The fraction of sp³-hybridized carbons (Fsp3) is 0.556. The molecule has 4 heterocycles. The van der Waals surface area contributed by atoms with Crippen LogP contribution in [0.1, 0.15) is 43.7 Å². The predicted octanol–water partition coefficient (Wildman–Crippen LogP) is 2.54. The number of fused-ring (bicyclic) bond motifs is 1. The van der Waals surface area contributed by atoms with Crippen LogP contribution in [0.25, 0.3) is 5.65 Å². The Morgan fingerprint density at radius 3 is 2.77 bits per heavy atom. The first kappa shape index (κ1) is 28.5.